The van der Waals surface area contributed by atoms with Gasteiger partial charge >= 0.3 is 6.09 Å². The molecule has 2 unspecified atom stereocenters. The zero-order chi connectivity index (χ0) is 10.9. The number of hydrogen-bond donors (Lipinski definition) is 1. The summed E-state index contributed by atoms with van der Waals surface area (Å²) in [5.41, 5.74) is -0.466. The summed E-state index contributed by atoms with van der Waals surface area (Å²) in [4.78, 5) is 13.2. The zero-order valence-corrected chi connectivity index (χ0v) is 9.28. The van der Waals surface area contributed by atoms with E-state index < -0.39 is 5.60 Å². The second-order valence-corrected chi connectivity index (χ2v) is 4.81. The molecule has 0 aromatic heterocycles. The Balaban J connectivity index is 2.52. The number of ether oxygens (including phenoxy) is 1. The van der Waals surface area contributed by atoms with E-state index in [9.17, 15) is 4.79 Å². The quantitative estimate of drug-likeness (QED) is 0.697. The van der Waals surface area contributed by atoms with Crippen LogP contribution in [0.25, 0.3) is 0 Å². The summed E-state index contributed by atoms with van der Waals surface area (Å²) in [7, 11) is 0. The van der Waals surface area contributed by atoms with Crippen molar-refractivity contribution in [2.75, 3.05) is 6.61 Å². The van der Waals surface area contributed by atoms with Crippen molar-refractivity contribution in [1.29, 1.82) is 0 Å². The molecule has 0 aromatic rings. The number of hydrogen-bond acceptors (Lipinski definition) is 3. The van der Waals surface area contributed by atoms with Crippen LogP contribution >= 0.6 is 0 Å². The van der Waals surface area contributed by atoms with E-state index in [-0.39, 0.29) is 24.8 Å². The van der Waals surface area contributed by atoms with Gasteiger partial charge in [0.1, 0.15) is 5.60 Å². The molecule has 1 aliphatic rings. The first-order chi connectivity index (χ1) is 6.35. The minimum Gasteiger partial charge on any atom is -0.444 e. The first-order valence-corrected chi connectivity index (χ1v) is 4.97. The molecule has 0 aliphatic carbocycles. The Hall–Kier alpha value is -0.770. The van der Waals surface area contributed by atoms with Gasteiger partial charge in [-0.25, -0.2) is 4.79 Å². The van der Waals surface area contributed by atoms with Crippen molar-refractivity contribution in [3.8, 4) is 0 Å². The Morgan fingerprint density at radius 1 is 1.57 bits per heavy atom. The summed E-state index contributed by atoms with van der Waals surface area (Å²) >= 11 is 0. The molecule has 0 saturated carbocycles. The Bertz CT molecular complexity index is 222. The normalized spacial score (nSPS) is 27.1. The van der Waals surface area contributed by atoms with Crippen molar-refractivity contribution in [2.45, 2.75) is 51.8 Å². The number of carbonyl (C=O) groups excluding carboxylic acids is 1. The maximum Gasteiger partial charge on any atom is 0.410 e. The van der Waals surface area contributed by atoms with E-state index in [2.05, 4.69) is 0 Å². The minimum atomic E-state index is -0.466. The van der Waals surface area contributed by atoms with Gasteiger partial charge in [-0.05, 0) is 34.1 Å². The summed E-state index contributed by atoms with van der Waals surface area (Å²) in [5.74, 6) is 0. The fraction of sp³-hybridized carbons (Fsp3) is 0.900. The zero-order valence-electron chi connectivity index (χ0n) is 9.28. The third-order valence-corrected chi connectivity index (χ3v) is 2.30. The molecule has 1 rings (SSSR count). The molecule has 4 nitrogen and oxygen atoms in total. The monoisotopic (exact) mass is 201 g/mol. The lowest BCUT2D eigenvalue weighted by Gasteiger charge is -2.46. The van der Waals surface area contributed by atoms with Crippen LogP contribution in [0.2, 0.25) is 0 Å². The third kappa shape index (κ3) is 2.38. The van der Waals surface area contributed by atoms with Crippen molar-refractivity contribution in [2.24, 2.45) is 0 Å². The van der Waals surface area contributed by atoms with Crippen LogP contribution in [0.5, 0.6) is 0 Å². The summed E-state index contributed by atoms with van der Waals surface area (Å²) in [6.45, 7) is 7.48. The lowest BCUT2D eigenvalue weighted by atomic mass is 9.96. The SMILES string of the molecule is CC1CC(CO)N1C(=O)OC(C)(C)C. The Kier molecular flexibility index (Phi) is 3.04. The van der Waals surface area contributed by atoms with Gasteiger partial charge in [0.25, 0.3) is 0 Å². The Morgan fingerprint density at radius 3 is 2.50 bits per heavy atom. The van der Waals surface area contributed by atoms with Crippen LogP contribution in [0, 0.1) is 0 Å². The molecule has 2 atom stereocenters. The topological polar surface area (TPSA) is 49.8 Å². The molecule has 14 heavy (non-hydrogen) atoms. The van der Waals surface area contributed by atoms with Crippen LogP contribution in [0.4, 0.5) is 4.79 Å². The number of aliphatic hydroxyl groups excluding tert-OH is 1. The van der Waals surface area contributed by atoms with Crippen molar-refractivity contribution in [3.63, 3.8) is 0 Å². The predicted octanol–water partition coefficient (Wildman–Crippen LogP) is 1.38. The second kappa shape index (κ2) is 3.77. The molecule has 1 amide bonds. The van der Waals surface area contributed by atoms with E-state index in [1.807, 2.05) is 27.7 Å². The van der Waals surface area contributed by atoms with Gasteiger partial charge in [0.15, 0.2) is 0 Å². The average molecular weight is 201 g/mol. The molecule has 4 heteroatoms. The van der Waals surface area contributed by atoms with Crippen LogP contribution in [0.3, 0.4) is 0 Å². The van der Waals surface area contributed by atoms with E-state index in [0.29, 0.717) is 0 Å². The predicted molar refractivity (Wildman–Crippen MR) is 53.0 cm³/mol. The molecular weight excluding hydrogens is 182 g/mol. The number of carbonyl (C=O) groups is 1. The maximum absolute atomic E-state index is 11.6. The van der Waals surface area contributed by atoms with Crippen LogP contribution in [0.1, 0.15) is 34.1 Å². The van der Waals surface area contributed by atoms with Crippen molar-refractivity contribution < 1.29 is 14.6 Å². The molecule has 1 N–H and O–H groups in total. The molecule has 1 heterocycles. The largest absolute Gasteiger partial charge is 0.444 e. The van der Waals surface area contributed by atoms with Crippen molar-refractivity contribution in [1.82, 2.24) is 4.90 Å². The summed E-state index contributed by atoms with van der Waals surface area (Å²) in [6.07, 6.45) is 0.533. The summed E-state index contributed by atoms with van der Waals surface area (Å²) in [5, 5.41) is 8.97. The van der Waals surface area contributed by atoms with E-state index >= 15 is 0 Å². The number of aliphatic hydroxyl groups is 1. The molecule has 82 valence electrons. The number of likely N-dealkylation sites (tertiary alicyclic amines) is 1. The average Bonchev–Trinajstić information content (AvgIpc) is 1.95. The smallest absolute Gasteiger partial charge is 0.410 e. The molecule has 1 saturated heterocycles. The van der Waals surface area contributed by atoms with Gasteiger partial charge in [-0.3, -0.25) is 0 Å². The molecule has 0 spiro atoms. The van der Waals surface area contributed by atoms with Gasteiger partial charge in [-0.1, -0.05) is 0 Å². The van der Waals surface area contributed by atoms with E-state index in [1.54, 1.807) is 4.90 Å². The first kappa shape index (κ1) is 11.3. The van der Waals surface area contributed by atoms with Crippen LogP contribution in [-0.2, 0) is 4.74 Å². The molecule has 1 fully saturated rings. The third-order valence-electron chi connectivity index (χ3n) is 2.30. The highest BCUT2D eigenvalue weighted by atomic mass is 16.6. The standard InChI is InChI=1S/C10H19NO3/c1-7-5-8(6-12)11(7)9(13)14-10(2,3)4/h7-8,12H,5-6H2,1-4H3. The van der Waals surface area contributed by atoms with E-state index in [4.69, 9.17) is 9.84 Å². The van der Waals surface area contributed by atoms with Gasteiger partial charge in [0.2, 0.25) is 0 Å². The number of amides is 1. The van der Waals surface area contributed by atoms with Gasteiger partial charge in [0, 0.05) is 6.04 Å². The number of nitrogens with zero attached hydrogens (tertiary/aromatic N) is 1. The fourth-order valence-electron chi connectivity index (χ4n) is 1.65. The van der Waals surface area contributed by atoms with Gasteiger partial charge in [-0.2, -0.15) is 0 Å². The fourth-order valence-corrected chi connectivity index (χ4v) is 1.65. The van der Waals surface area contributed by atoms with E-state index in [0.717, 1.165) is 6.42 Å². The Labute approximate surface area is 84.8 Å². The minimum absolute atomic E-state index is 0.0174. The lowest BCUT2D eigenvalue weighted by Crippen LogP contribution is -2.59. The summed E-state index contributed by atoms with van der Waals surface area (Å²) in [6, 6.07) is 0.127. The van der Waals surface area contributed by atoms with E-state index in [1.165, 1.54) is 0 Å². The van der Waals surface area contributed by atoms with Crippen LogP contribution < -0.4 is 0 Å². The highest BCUT2D eigenvalue weighted by molar-refractivity contribution is 5.70. The molecule has 0 bridgehead atoms. The van der Waals surface area contributed by atoms with Crippen LogP contribution in [0.15, 0.2) is 0 Å². The highest BCUT2D eigenvalue weighted by Gasteiger charge is 2.40. The number of rotatable bonds is 1. The van der Waals surface area contributed by atoms with Gasteiger partial charge < -0.3 is 14.7 Å². The van der Waals surface area contributed by atoms with Crippen molar-refractivity contribution in [3.05, 3.63) is 0 Å². The summed E-state index contributed by atoms with van der Waals surface area (Å²) < 4.78 is 5.22. The lowest BCUT2D eigenvalue weighted by molar-refractivity contribution is -0.0403. The van der Waals surface area contributed by atoms with Gasteiger partial charge in [0.05, 0.1) is 12.6 Å². The second-order valence-electron chi connectivity index (χ2n) is 4.81. The van der Waals surface area contributed by atoms with Crippen molar-refractivity contribution >= 4 is 6.09 Å². The molecule has 1 aliphatic heterocycles. The first-order valence-electron chi connectivity index (χ1n) is 4.97. The van der Waals surface area contributed by atoms with Gasteiger partial charge in [-0.15, -0.1) is 0 Å². The molecule has 0 radical (unpaired) electrons. The highest BCUT2D eigenvalue weighted by Crippen LogP contribution is 2.27. The van der Waals surface area contributed by atoms with Crippen LogP contribution in [-0.4, -0.2) is 40.4 Å². The Morgan fingerprint density at radius 2 is 2.14 bits per heavy atom. The molecule has 0 aromatic carbocycles. The molecular formula is C10H19NO3. The maximum atomic E-state index is 11.6.